The average Bonchev–Trinajstić information content (AvgIpc) is 3.09. The topological polar surface area (TPSA) is 136 Å². The first-order valence-corrected chi connectivity index (χ1v) is 11.0. The standard InChI is InChI=1S/C22H23N7O5/c1-25-20-15(27-11-9-26(10-12-27)14-5-7-18(23-13-14)29(33)34)3-2-4-16(20)28(22(25)32)17-6-8-19(30)24-21(17)31/h2-5,7,13,17H,6,8-12H2,1H3,(H,24,30,31). The van der Waals surface area contributed by atoms with Gasteiger partial charge in [0.05, 0.1) is 22.4 Å². The Kier molecular flexibility index (Phi) is 5.27. The average molecular weight is 465 g/mol. The number of benzene rings is 1. The fourth-order valence-electron chi connectivity index (χ4n) is 4.78. The maximum Gasteiger partial charge on any atom is 0.363 e. The third-order valence-corrected chi connectivity index (χ3v) is 6.51. The Balaban J connectivity index is 1.42. The number of hydrogen-bond donors (Lipinski definition) is 1. The quantitative estimate of drug-likeness (QED) is 0.342. The van der Waals surface area contributed by atoms with Crippen molar-refractivity contribution in [2.75, 3.05) is 36.0 Å². The lowest BCUT2D eigenvalue weighted by Crippen LogP contribution is -2.46. The molecule has 0 bridgehead atoms. The van der Waals surface area contributed by atoms with E-state index >= 15 is 0 Å². The predicted molar refractivity (Wildman–Crippen MR) is 124 cm³/mol. The van der Waals surface area contributed by atoms with Crippen molar-refractivity contribution in [3.8, 4) is 0 Å². The van der Waals surface area contributed by atoms with E-state index in [0.29, 0.717) is 31.7 Å². The van der Waals surface area contributed by atoms with Crippen LogP contribution in [0.25, 0.3) is 11.0 Å². The second-order valence-electron chi connectivity index (χ2n) is 8.43. The summed E-state index contributed by atoms with van der Waals surface area (Å²) in [6.45, 7) is 2.71. The van der Waals surface area contributed by atoms with E-state index in [1.807, 2.05) is 18.2 Å². The molecule has 12 heteroatoms. The number of rotatable bonds is 4. The van der Waals surface area contributed by atoms with E-state index in [1.54, 1.807) is 17.7 Å². The lowest BCUT2D eigenvalue weighted by molar-refractivity contribution is -0.389. The van der Waals surface area contributed by atoms with Crippen LogP contribution < -0.4 is 20.8 Å². The largest absolute Gasteiger partial charge is 0.366 e. The van der Waals surface area contributed by atoms with Crippen LogP contribution in [-0.4, -0.2) is 57.0 Å². The molecule has 2 aromatic heterocycles. The Bertz CT molecular complexity index is 1350. The Morgan fingerprint density at radius 1 is 1.06 bits per heavy atom. The summed E-state index contributed by atoms with van der Waals surface area (Å²) in [5.74, 6) is -0.964. The van der Waals surface area contributed by atoms with Crippen LogP contribution in [-0.2, 0) is 16.6 Å². The SMILES string of the molecule is Cn1c(=O)n(C2CCC(=O)NC2=O)c2cccc(N3CCN(c4ccc([N+](=O)[O-])nc4)CC3)c21. The summed E-state index contributed by atoms with van der Waals surface area (Å²) in [7, 11) is 1.69. The Labute approximate surface area is 193 Å². The summed E-state index contributed by atoms with van der Waals surface area (Å²) >= 11 is 0. The van der Waals surface area contributed by atoms with E-state index in [0.717, 1.165) is 16.9 Å². The van der Waals surface area contributed by atoms with Gasteiger partial charge in [-0.15, -0.1) is 0 Å². The summed E-state index contributed by atoms with van der Waals surface area (Å²) in [5, 5.41) is 13.2. The van der Waals surface area contributed by atoms with Gasteiger partial charge in [-0.2, -0.15) is 0 Å². The molecular weight excluding hydrogens is 442 g/mol. The molecule has 1 N–H and O–H groups in total. The molecule has 12 nitrogen and oxygen atoms in total. The number of pyridine rings is 1. The molecule has 0 aliphatic carbocycles. The number of hydrogen-bond acceptors (Lipinski definition) is 8. The Morgan fingerprint density at radius 3 is 2.44 bits per heavy atom. The number of aryl methyl sites for hydroxylation is 1. The molecule has 1 aromatic carbocycles. The zero-order valence-electron chi connectivity index (χ0n) is 18.5. The van der Waals surface area contributed by atoms with Gasteiger partial charge >= 0.3 is 11.5 Å². The van der Waals surface area contributed by atoms with E-state index in [4.69, 9.17) is 0 Å². The first kappa shape index (κ1) is 21.6. The van der Waals surface area contributed by atoms with Crippen LogP contribution in [0.5, 0.6) is 0 Å². The molecule has 2 aliphatic heterocycles. The highest BCUT2D eigenvalue weighted by Gasteiger charge is 2.32. The van der Waals surface area contributed by atoms with Crippen LogP contribution in [0.3, 0.4) is 0 Å². The van der Waals surface area contributed by atoms with E-state index < -0.39 is 16.9 Å². The van der Waals surface area contributed by atoms with Gasteiger partial charge in [0, 0.05) is 45.7 Å². The van der Waals surface area contributed by atoms with E-state index in [9.17, 15) is 24.5 Å². The molecule has 0 spiro atoms. The van der Waals surface area contributed by atoms with Gasteiger partial charge in [-0.05, 0) is 34.5 Å². The van der Waals surface area contributed by atoms with Gasteiger partial charge in [-0.3, -0.25) is 24.0 Å². The van der Waals surface area contributed by atoms with Crippen molar-refractivity contribution in [1.82, 2.24) is 19.4 Å². The molecule has 2 amide bonds. The van der Waals surface area contributed by atoms with Gasteiger partial charge in [-0.25, -0.2) is 4.79 Å². The van der Waals surface area contributed by atoms with Gasteiger partial charge in [0.2, 0.25) is 11.8 Å². The van der Waals surface area contributed by atoms with Crippen LogP contribution in [0.4, 0.5) is 17.2 Å². The molecule has 34 heavy (non-hydrogen) atoms. The number of nitrogens with one attached hydrogen (secondary N) is 1. The zero-order chi connectivity index (χ0) is 24.0. The molecule has 5 rings (SSSR count). The van der Waals surface area contributed by atoms with Crippen molar-refractivity contribution in [3.05, 3.63) is 57.1 Å². The molecule has 1 atom stereocenters. The number of piperidine rings is 1. The number of imide groups is 1. The molecule has 4 heterocycles. The summed E-state index contributed by atoms with van der Waals surface area (Å²) in [6.07, 6.45) is 1.99. The van der Waals surface area contributed by atoms with E-state index in [2.05, 4.69) is 20.1 Å². The summed E-state index contributed by atoms with van der Waals surface area (Å²) in [5.41, 5.74) is 2.81. The fourth-order valence-corrected chi connectivity index (χ4v) is 4.78. The zero-order valence-corrected chi connectivity index (χ0v) is 18.5. The highest BCUT2D eigenvalue weighted by atomic mass is 16.6. The molecule has 0 radical (unpaired) electrons. The van der Waals surface area contributed by atoms with Crippen LogP contribution in [0, 0.1) is 10.1 Å². The highest BCUT2D eigenvalue weighted by molar-refractivity contribution is 6.00. The molecule has 176 valence electrons. The van der Waals surface area contributed by atoms with Crippen molar-refractivity contribution in [2.24, 2.45) is 7.05 Å². The monoisotopic (exact) mass is 465 g/mol. The second kappa shape index (κ2) is 8.28. The van der Waals surface area contributed by atoms with Crippen LogP contribution >= 0.6 is 0 Å². The lowest BCUT2D eigenvalue weighted by atomic mass is 10.1. The third-order valence-electron chi connectivity index (χ3n) is 6.51. The number of carbonyl (C=O) groups is 2. The third kappa shape index (κ3) is 3.56. The number of para-hydroxylation sites is 1. The molecule has 0 saturated carbocycles. The fraction of sp³-hybridized carbons (Fsp3) is 0.364. The van der Waals surface area contributed by atoms with E-state index in [1.165, 1.54) is 16.8 Å². The first-order valence-electron chi connectivity index (χ1n) is 11.0. The number of piperazine rings is 1. The normalized spacial score (nSPS) is 18.9. The van der Waals surface area contributed by atoms with Crippen LogP contribution in [0.2, 0.25) is 0 Å². The number of aromatic nitrogens is 3. The molecule has 2 saturated heterocycles. The molecule has 2 aliphatic rings. The van der Waals surface area contributed by atoms with Gasteiger partial charge in [-0.1, -0.05) is 6.07 Å². The van der Waals surface area contributed by atoms with Crippen LogP contribution in [0.1, 0.15) is 18.9 Å². The Morgan fingerprint density at radius 2 is 1.79 bits per heavy atom. The lowest BCUT2D eigenvalue weighted by Gasteiger charge is -2.37. The van der Waals surface area contributed by atoms with Crippen molar-refractivity contribution in [3.63, 3.8) is 0 Å². The van der Waals surface area contributed by atoms with Crippen molar-refractivity contribution in [2.45, 2.75) is 18.9 Å². The Hall–Kier alpha value is -4.22. The van der Waals surface area contributed by atoms with Gasteiger partial charge in [0.25, 0.3) is 0 Å². The van der Waals surface area contributed by atoms with Gasteiger partial charge in [0.15, 0.2) is 6.20 Å². The summed E-state index contributed by atoms with van der Waals surface area (Å²) in [4.78, 5) is 55.7. The van der Waals surface area contributed by atoms with Crippen LogP contribution in [0.15, 0.2) is 41.3 Å². The maximum absolute atomic E-state index is 13.1. The number of nitro groups is 1. The predicted octanol–water partition coefficient (Wildman–Crippen LogP) is 0.948. The summed E-state index contributed by atoms with van der Waals surface area (Å²) in [6, 6.07) is 8.02. The molecule has 3 aromatic rings. The summed E-state index contributed by atoms with van der Waals surface area (Å²) < 4.78 is 3.04. The molecule has 2 fully saturated rings. The highest BCUT2D eigenvalue weighted by Crippen LogP contribution is 2.30. The molecule has 1 unspecified atom stereocenters. The number of amides is 2. The number of imidazole rings is 1. The number of nitrogens with zero attached hydrogens (tertiary/aromatic N) is 6. The number of anilines is 2. The minimum absolute atomic E-state index is 0.185. The second-order valence-corrected chi connectivity index (χ2v) is 8.43. The maximum atomic E-state index is 13.1. The minimum Gasteiger partial charge on any atom is -0.366 e. The van der Waals surface area contributed by atoms with Gasteiger partial charge in [0.1, 0.15) is 6.04 Å². The molecular formula is C22H23N7O5. The first-order chi connectivity index (χ1) is 16.3. The minimum atomic E-state index is -0.726. The number of carbonyl (C=O) groups excluding carboxylic acids is 2. The number of fused-ring (bicyclic) bond motifs is 1. The van der Waals surface area contributed by atoms with Gasteiger partial charge < -0.3 is 19.9 Å². The van der Waals surface area contributed by atoms with Crippen molar-refractivity contribution in [1.29, 1.82) is 0 Å². The van der Waals surface area contributed by atoms with E-state index in [-0.39, 0.29) is 30.3 Å². The van der Waals surface area contributed by atoms with Crippen molar-refractivity contribution >= 4 is 40.0 Å². The van der Waals surface area contributed by atoms with Crippen molar-refractivity contribution < 1.29 is 14.5 Å². The smallest absolute Gasteiger partial charge is 0.363 e.